The van der Waals surface area contributed by atoms with Crippen molar-refractivity contribution < 1.29 is 9.90 Å². The molecule has 0 aromatic heterocycles. The van der Waals surface area contributed by atoms with Crippen molar-refractivity contribution in [1.82, 2.24) is 5.32 Å². The molecule has 94 valence electrons. The first-order valence-corrected chi connectivity index (χ1v) is 6.95. The lowest BCUT2D eigenvalue weighted by Crippen LogP contribution is -2.34. The van der Waals surface area contributed by atoms with Crippen molar-refractivity contribution >= 4 is 29.3 Å². The minimum atomic E-state index is -0.275. The number of aromatic hydroxyl groups is 1. The fraction of sp³-hybridized carbons (Fsp3) is 0.417. The number of carbonyl (C=O) groups is 1. The summed E-state index contributed by atoms with van der Waals surface area (Å²) in [6.07, 6.45) is 0. The van der Waals surface area contributed by atoms with Gasteiger partial charge in [-0.1, -0.05) is 18.5 Å². The highest BCUT2D eigenvalue weighted by Crippen LogP contribution is 2.21. The first kappa shape index (κ1) is 14.2. The number of amides is 1. The van der Waals surface area contributed by atoms with E-state index in [1.165, 1.54) is 12.1 Å². The first-order chi connectivity index (χ1) is 8.04. The van der Waals surface area contributed by atoms with Crippen LogP contribution in [0, 0.1) is 0 Å². The van der Waals surface area contributed by atoms with Crippen LogP contribution in [0.25, 0.3) is 0 Å². The van der Waals surface area contributed by atoms with Crippen LogP contribution in [0.5, 0.6) is 5.75 Å². The van der Waals surface area contributed by atoms with E-state index < -0.39 is 0 Å². The van der Waals surface area contributed by atoms with Crippen LogP contribution < -0.4 is 5.32 Å². The van der Waals surface area contributed by atoms with Crippen molar-refractivity contribution in [3.63, 3.8) is 0 Å². The molecule has 1 atom stereocenters. The molecule has 1 unspecified atom stereocenters. The van der Waals surface area contributed by atoms with Gasteiger partial charge in [0, 0.05) is 16.8 Å². The average molecular weight is 274 g/mol. The zero-order valence-electron chi connectivity index (χ0n) is 9.87. The Morgan fingerprint density at radius 1 is 1.59 bits per heavy atom. The molecule has 1 rings (SSSR count). The molecule has 0 aliphatic carbocycles. The minimum absolute atomic E-state index is 0.0718. The maximum Gasteiger partial charge on any atom is 0.255 e. The SMILES string of the molecule is CCSCC(C)NC(=O)c1ccc(Cl)cc1O. The smallest absolute Gasteiger partial charge is 0.255 e. The molecule has 0 aliphatic rings. The largest absolute Gasteiger partial charge is 0.507 e. The van der Waals surface area contributed by atoms with Crippen molar-refractivity contribution in [2.45, 2.75) is 19.9 Å². The molecule has 5 heteroatoms. The van der Waals surface area contributed by atoms with Crippen molar-refractivity contribution in [3.8, 4) is 5.75 Å². The zero-order chi connectivity index (χ0) is 12.8. The normalized spacial score (nSPS) is 12.2. The Balaban J connectivity index is 2.63. The van der Waals surface area contributed by atoms with E-state index in [0.717, 1.165) is 11.5 Å². The molecule has 1 amide bonds. The summed E-state index contributed by atoms with van der Waals surface area (Å²) in [5.74, 6) is 1.51. The minimum Gasteiger partial charge on any atom is -0.507 e. The van der Waals surface area contributed by atoms with Crippen LogP contribution in [-0.4, -0.2) is 28.6 Å². The third-order valence-corrected chi connectivity index (χ3v) is 3.53. The number of hydrogen-bond donors (Lipinski definition) is 2. The Bertz CT molecular complexity index is 398. The number of rotatable bonds is 5. The number of hydrogen-bond acceptors (Lipinski definition) is 3. The molecule has 3 nitrogen and oxygen atoms in total. The third kappa shape index (κ3) is 4.48. The molecule has 17 heavy (non-hydrogen) atoms. The Morgan fingerprint density at radius 2 is 2.29 bits per heavy atom. The molecule has 0 spiro atoms. The van der Waals surface area contributed by atoms with Gasteiger partial charge >= 0.3 is 0 Å². The molecule has 0 radical (unpaired) electrons. The van der Waals surface area contributed by atoms with E-state index in [1.807, 2.05) is 6.92 Å². The van der Waals surface area contributed by atoms with E-state index in [1.54, 1.807) is 17.8 Å². The summed E-state index contributed by atoms with van der Waals surface area (Å²) in [7, 11) is 0. The van der Waals surface area contributed by atoms with Gasteiger partial charge in [-0.2, -0.15) is 11.8 Å². The lowest BCUT2D eigenvalue weighted by atomic mass is 10.2. The van der Waals surface area contributed by atoms with Gasteiger partial charge in [0.25, 0.3) is 5.91 Å². The molecule has 0 bridgehead atoms. The predicted octanol–water partition coefficient (Wildman–Crippen LogP) is 2.92. The molecule has 2 N–H and O–H groups in total. The Kier molecular flexibility index (Phi) is 5.65. The highest BCUT2D eigenvalue weighted by atomic mass is 35.5. The molecule has 0 saturated carbocycles. The summed E-state index contributed by atoms with van der Waals surface area (Å²) in [4.78, 5) is 11.8. The topological polar surface area (TPSA) is 49.3 Å². The second kappa shape index (κ2) is 6.77. The molecule has 1 aromatic rings. The van der Waals surface area contributed by atoms with Gasteiger partial charge in [-0.3, -0.25) is 4.79 Å². The maximum absolute atomic E-state index is 11.8. The van der Waals surface area contributed by atoms with Crippen LogP contribution in [0.4, 0.5) is 0 Å². The van der Waals surface area contributed by atoms with Crippen LogP contribution in [0.1, 0.15) is 24.2 Å². The Labute approximate surface area is 111 Å². The predicted molar refractivity (Wildman–Crippen MR) is 73.0 cm³/mol. The van der Waals surface area contributed by atoms with Crippen molar-refractivity contribution in [2.24, 2.45) is 0 Å². The zero-order valence-corrected chi connectivity index (χ0v) is 11.4. The van der Waals surface area contributed by atoms with Gasteiger partial charge in [0.15, 0.2) is 0 Å². The van der Waals surface area contributed by atoms with Crippen LogP contribution in [-0.2, 0) is 0 Å². The second-order valence-electron chi connectivity index (χ2n) is 3.70. The van der Waals surface area contributed by atoms with E-state index in [9.17, 15) is 9.90 Å². The van der Waals surface area contributed by atoms with E-state index >= 15 is 0 Å². The van der Waals surface area contributed by atoms with Crippen molar-refractivity contribution in [2.75, 3.05) is 11.5 Å². The molecule has 1 aromatic carbocycles. The van der Waals surface area contributed by atoms with Gasteiger partial charge in [-0.05, 0) is 30.9 Å². The lowest BCUT2D eigenvalue weighted by molar-refractivity contribution is 0.0941. The van der Waals surface area contributed by atoms with Gasteiger partial charge in [0.2, 0.25) is 0 Å². The van der Waals surface area contributed by atoms with Crippen LogP contribution >= 0.6 is 23.4 Å². The lowest BCUT2D eigenvalue weighted by Gasteiger charge is -2.13. The van der Waals surface area contributed by atoms with Gasteiger partial charge in [-0.25, -0.2) is 0 Å². The Morgan fingerprint density at radius 3 is 2.88 bits per heavy atom. The molecule has 0 aliphatic heterocycles. The summed E-state index contributed by atoms with van der Waals surface area (Å²) in [6, 6.07) is 4.54. The average Bonchev–Trinajstić information content (AvgIpc) is 2.26. The summed E-state index contributed by atoms with van der Waals surface area (Å²) >= 11 is 7.46. The highest BCUT2D eigenvalue weighted by molar-refractivity contribution is 7.99. The van der Waals surface area contributed by atoms with E-state index in [4.69, 9.17) is 11.6 Å². The number of phenolic OH excluding ortho intramolecular Hbond substituents is 1. The summed E-state index contributed by atoms with van der Waals surface area (Å²) in [5.41, 5.74) is 0.253. The van der Waals surface area contributed by atoms with Crippen molar-refractivity contribution in [1.29, 1.82) is 0 Å². The third-order valence-electron chi connectivity index (χ3n) is 2.15. The van der Waals surface area contributed by atoms with E-state index in [-0.39, 0.29) is 23.3 Å². The Hall–Kier alpha value is -0.870. The van der Waals surface area contributed by atoms with E-state index in [2.05, 4.69) is 12.2 Å². The van der Waals surface area contributed by atoms with Gasteiger partial charge < -0.3 is 10.4 Å². The first-order valence-electron chi connectivity index (χ1n) is 5.41. The number of nitrogens with one attached hydrogen (secondary N) is 1. The van der Waals surface area contributed by atoms with Gasteiger partial charge in [0.05, 0.1) is 5.56 Å². The summed E-state index contributed by atoms with van der Waals surface area (Å²) in [6.45, 7) is 4.01. The fourth-order valence-electron chi connectivity index (χ4n) is 1.33. The van der Waals surface area contributed by atoms with Gasteiger partial charge in [0.1, 0.15) is 5.75 Å². The molecular weight excluding hydrogens is 258 g/mol. The number of thioether (sulfide) groups is 1. The summed E-state index contributed by atoms with van der Waals surface area (Å²) < 4.78 is 0. The number of carbonyl (C=O) groups excluding carboxylic acids is 1. The summed E-state index contributed by atoms with van der Waals surface area (Å²) in [5, 5.41) is 12.8. The maximum atomic E-state index is 11.8. The molecule has 0 saturated heterocycles. The standard InChI is InChI=1S/C12H16ClNO2S/c1-3-17-7-8(2)14-12(16)10-5-4-9(13)6-11(10)15/h4-6,8,15H,3,7H2,1-2H3,(H,14,16). The number of phenols is 1. The van der Waals surface area contributed by atoms with Crippen LogP contribution in [0.2, 0.25) is 5.02 Å². The van der Waals surface area contributed by atoms with Crippen LogP contribution in [0.15, 0.2) is 18.2 Å². The molecule has 0 heterocycles. The quantitative estimate of drug-likeness (QED) is 0.867. The molecular formula is C12H16ClNO2S. The molecule has 0 fully saturated rings. The van der Waals surface area contributed by atoms with Gasteiger partial charge in [-0.15, -0.1) is 0 Å². The van der Waals surface area contributed by atoms with Crippen molar-refractivity contribution in [3.05, 3.63) is 28.8 Å². The second-order valence-corrected chi connectivity index (χ2v) is 5.45. The highest BCUT2D eigenvalue weighted by Gasteiger charge is 2.13. The van der Waals surface area contributed by atoms with Crippen LogP contribution in [0.3, 0.4) is 0 Å². The fourth-order valence-corrected chi connectivity index (χ4v) is 2.17. The van der Waals surface area contributed by atoms with E-state index in [0.29, 0.717) is 5.02 Å². The number of benzene rings is 1. The monoisotopic (exact) mass is 273 g/mol. The number of halogens is 1.